The summed E-state index contributed by atoms with van der Waals surface area (Å²) in [5, 5.41) is 0. The first-order valence-corrected chi connectivity index (χ1v) is 10.8. The predicted octanol–water partition coefficient (Wildman–Crippen LogP) is 3.91. The molecule has 6 nitrogen and oxygen atoms in total. The largest absolute Gasteiger partial charge is 0.354 e. The smallest absolute Gasteiger partial charge is 0.167 e. The second-order valence-electron chi connectivity index (χ2n) is 8.27. The molecule has 0 aliphatic carbocycles. The Hall–Kier alpha value is -3.32. The van der Waals surface area contributed by atoms with E-state index >= 15 is 0 Å². The predicted molar refractivity (Wildman–Crippen MR) is 119 cm³/mol. The highest BCUT2D eigenvalue weighted by molar-refractivity contribution is 5.81. The Morgan fingerprint density at radius 1 is 0.871 bits per heavy atom. The van der Waals surface area contributed by atoms with Crippen LogP contribution in [0.5, 0.6) is 0 Å². The van der Waals surface area contributed by atoms with Gasteiger partial charge in [0.05, 0.1) is 5.69 Å². The molecule has 2 fully saturated rings. The number of halogens is 1. The van der Waals surface area contributed by atoms with Crippen LogP contribution in [0.2, 0.25) is 0 Å². The summed E-state index contributed by atoms with van der Waals surface area (Å²) in [6, 6.07) is 15.1. The minimum Gasteiger partial charge on any atom is -0.354 e. The first-order chi connectivity index (χ1) is 15.3. The fourth-order valence-corrected chi connectivity index (χ4v) is 4.85. The minimum atomic E-state index is -0.262. The third-order valence-corrected chi connectivity index (χ3v) is 6.42. The number of piperazine rings is 1. The van der Waals surface area contributed by atoms with Crippen molar-refractivity contribution in [2.45, 2.75) is 18.9 Å². The standard InChI is InChI=1S/C24H23FN6/c25-18-5-3-17(4-6-18)23-27-21-7-8-22(30-15-14-29-13-1-2-20(29)16-30)28-24(21)31(23)19-9-11-26-12-10-19/h3-12,20H,1-2,13-16H2. The maximum absolute atomic E-state index is 13.5. The van der Waals surface area contributed by atoms with Crippen molar-refractivity contribution < 1.29 is 4.39 Å². The molecule has 3 aromatic heterocycles. The molecule has 31 heavy (non-hydrogen) atoms. The molecule has 6 rings (SSSR count). The second kappa shape index (κ2) is 7.42. The van der Waals surface area contributed by atoms with Crippen LogP contribution in [0.15, 0.2) is 60.9 Å². The summed E-state index contributed by atoms with van der Waals surface area (Å²) in [7, 11) is 0. The molecule has 7 heteroatoms. The highest BCUT2D eigenvalue weighted by atomic mass is 19.1. The normalized spacial score (nSPS) is 19.1. The van der Waals surface area contributed by atoms with Gasteiger partial charge >= 0.3 is 0 Å². The molecule has 0 bridgehead atoms. The molecule has 0 amide bonds. The maximum Gasteiger partial charge on any atom is 0.167 e. The molecule has 1 unspecified atom stereocenters. The van der Waals surface area contributed by atoms with E-state index in [1.165, 1.54) is 31.5 Å². The highest BCUT2D eigenvalue weighted by Gasteiger charge is 2.31. The Bertz CT molecular complexity index is 1220. The van der Waals surface area contributed by atoms with Crippen molar-refractivity contribution in [3.63, 3.8) is 0 Å². The lowest BCUT2D eigenvalue weighted by Crippen LogP contribution is -2.50. The third kappa shape index (κ3) is 3.25. The minimum absolute atomic E-state index is 0.262. The van der Waals surface area contributed by atoms with Gasteiger partial charge in [-0.3, -0.25) is 14.5 Å². The summed E-state index contributed by atoms with van der Waals surface area (Å²) in [4.78, 5) is 19.1. The number of aromatic nitrogens is 4. The van der Waals surface area contributed by atoms with Crippen LogP contribution in [-0.2, 0) is 0 Å². The maximum atomic E-state index is 13.5. The van der Waals surface area contributed by atoms with Gasteiger partial charge in [0.15, 0.2) is 5.65 Å². The van der Waals surface area contributed by atoms with E-state index in [0.29, 0.717) is 6.04 Å². The molecule has 2 aliphatic heterocycles. The van der Waals surface area contributed by atoms with Gasteiger partial charge in [-0.25, -0.2) is 14.4 Å². The number of hydrogen-bond donors (Lipinski definition) is 0. The second-order valence-corrected chi connectivity index (χ2v) is 8.27. The number of fused-ring (bicyclic) bond motifs is 2. The van der Waals surface area contributed by atoms with E-state index in [1.54, 1.807) is 24.5 Å². The lowest BCUT2D eigenvalue weighted by atomic mass is 10.1. The van der Waals surface area contributed by atoms with Gasteiger partial charge in [-0.1, -0.05) is 0 Å². The van der Waals surface area contributed by atoms with Crippen molar-refractivity contribution in [2.24, 2.45) is 0 Å². The van der Waals surface area contributed by atoms with Crippen LogP contribution in [0.3, 0.4) is 0 Å². The van der Waals surface area contributed by atoms with Crippen LogP contribution >= 0.6 is 0 Å². The Labute approximate surface area is 180 Å². The molecule has 156 valence electrons. The van der Waals surface area contributed by atoms with Gasteiger partial charge in [0, 0.05) is 43.6 Å². The quantitative estimate of drug-likeness (QED) is 0.509. The van der Waals surface area contributed by atoms with E-state index in [2.05, 4.69) is 20.9 Å². The number of anilines is 1. The van der Waals surface area contributed by atoms with Crippen molar-refractivity contribution in [3.05, 3.63) is 66.7 Å². The summed E-state index contributed by atoms with van der Waals surface area (Å²) < 4.78 is 15.6. The summed E-state index contributed by atoms with van der Waals surface area (Å²) in [5.74, 6) is 1.47. The van der Waals surface area contributed by atoms with Crippen LogP contribution < -0.4 is 4.90 Å². The number of hydrogen-bond acceptors (Lipinski definition) is 5. The highest BCUT2D eigenvalue weighted by Crippen LogP contribution is 2.30. The van der Waals surface area contributed by atoms with E-state index in [0.717, 1.165) is 53.7 Å². The summed E-state index contributed by atoms with van der Waals surface area (Å²) in [6.07, 6.45) is 6.08. The number of imidazole rings is 1. The van der Waals surface area contributed by atoms with Crippen molar-refractivity contribution in [1.29, 1.82) is 0 Å². The van der Waals surface area contributed by atoms with Crippen molar-refractivity contribution in [3.8, 4) is 17.1 Å². The van der Waals surface area contributed by atoms with Gasteiger partial charge in [0.25, 0.3) is 0 Å². The number of nitrogens with zero attached hydrogens (tertiary/aromatic N) is 6. The number of benzene rings is 1. The number of pyridine rings is 2. The van der Waals surface area contributed by atoms with Crippen LogP contribution in [-0.4, -0.2) is 56.6 Å². The molecule has 0 radical (unpaired) electrons. The average Bonchev–Trinajstić information content (AvgIpc) is 3.43. The van der Waals surface area contributed by atoms with Gasteiger partial charge in [-0.15, -0.1) is 0 Å². The van der Waals surface area contributed by atoms with Crippen molar-refractivity contribution in [2.75, 3.05) is 31.1 Å². The molecule has 1 aromatic carbocycles. The van der Waals surface area contributed by atoms with Crippen molar-refractivity contribution in [1.82, 2.24) is 24.4 Å². The molecular formula is C24H23FN6. The molecule has 5 heterocycles. The Kier molecular flexibility index (Phi) is 4.42. The first kappa shape index (κ1) is 18.4. The number of rotatable bonds is 3. The van der Waals surface area contributed by atoms with Crippen LogP contribution in [0.25, 0.3) is 28.2 Å². The van der Waals surface area contributed by atoms with Crippen LogP contribution in [0.4, 0.5) is 10.2 Å². The zero-order valence-corrected chi connectivity index (χ0v) is 17.2. The fraction of sp³-hybridized carbons (Fsp3) is 0.292. The average molecular weight is 414 g/mol. The van der Waals surface area contributed by atoms with Crippen LogP contribution in [0, 0.1) is 5.82 Å². The summed E-state index contributed by atoms with van der Waals surface area (Å²) in [6.45, 7) is 4.32. The third-order valence-electron chi connectivity index (χ3n) is 6.42. The van der Waals surface area contributed by atoms with Crippen LogP contribution in [0.1, 0.15) is 12.8 Å². The van der Waals surface area contributed by atoms with E-state index in [4.69, 9.17) is 9.97 Å². The van der Waals surface area contributed by atoms with E-state index in [9.17, 15) is 4.39 Å². The Balaban J connectivity index is 1.48. The lowest BCUT2D eigenvalue weighted by molar-refractivity contribution is 0.230. The topological polar surface area (TPSA) is 50.1 Å². The van der Waals surface area contributed by atoms with E-state index in [1.807, 2.05) is 22.8 Å². The summed E-state index contributed by atoms with van der Waals surface area (Å²) in [5.41, 5.74) is 3.40. The molecule has 0 N–H and O–H groups in total. The van der Waals surface area contributed by atoms with E-state index < -0.39 is 0 Å². The molecular weight excluding hydrogens is 391 g/mol. The molecule has 0 saturated carbocycles. The van der Waals surface area contributed by atoms with Gasteiger partial charge in [-0.2, -0.15) is 0 Å². The zero-order chi connectivity index (χ0) is 20.8. The Morgan fingerprint density at radius 3 is 2.55 bits per heavy atom. The molecule has 1 atom stereocenters. The monoisotopic (exact) mass is 414 g/mol. The molecule has 2 saturated heterocycles. The molecule has 2 aliphatic rings. The van der Waals surface area contributed by atoms with Gasteiger partial charge in [0.1, 0.15) is 23.0 Å². The first-order valence-electron chi connectivity index (χ1n) is 10.8. The lowest BCUT2D eigenvalue weighted by Gasteiger charge is -2.38. The summed E-state index contributed by atoms with van der Waals surface area (Å²) >= 11 is 0. The van der Waals surface area contributed by atoms with Gasteiger partial charge in [0.2, 0.25) is 0 Å². The molecule has 4 aromatic rings. The fourth-order valence-electron chi connectivity index (χ4n) is 4.85. The van der Waals surface area contributed by atoms with E-state index in [-0.39, 0.29) is 5.82 Å². The Morgan fingerprint density at radius 2 is 1.71 bits per heavy atom. The van der Waals surface area contributed by atoms with Gasteiger partial charge < -0.3 is 4.90 Å². The molecule has 0 spiro atoms. The van der Waals surface area contributed by atoms with Crippen molar-refractivity contribution >= 4 is 17.0 Å². The SMILES string of the molecule is Fc1ccc(-c2nc3ccc(N4CCN5CCCC5C4)nc3n2-c2ccncc2)cc1. The zero-order valence-electron chi connectivity index (χ0n) is 17.2. The van der Waals surface area contributed by atoms with Gasteiger partial charge in [-0.05, 0) is 67.9 Å².